The first-order valence-electron chi connectivity index (χ1n) is 4.49. The zero-order chi connectivity index (χ0) is 12.8. The van der Waals surface area contributed by atoms with Gasteiger partial charge in [0.05, 0.1) is 11.5 Å². The Bertz CT molecular complexity index is 424. The molecule has 0 fully saturated rings. The highest BCUT2D eigenvalue weighted by Crippen LogP contribution is 1.94. The van der Waals surface area contributed by atoms with Gasteiger partial charge in [-0.15, -0.1) is 0 Å². The van der Waals surface area contributed by atoms with Gasteiger partial charge in [0.2, 0.25) is 10.0 Å². The highest BCUT2D eigenvalue weighted by molar-refractivity contribution is 7.91. The number of sulfone groups is 1. The van der Waals surface area contributed by atoms with Crippen molar-refractivity contribution in [3.05, 3.63) is 0 Å². The molecular weight excluding hydrogens is 258 g/mol. The molecule has 7 nitrogen and oxygen atoms in total. The van der Waals surface area contributed by atoms with Gasteiger partial charge in [0.15, 0.2) is 0 Å². The molecule has 0 heterocycles. The molecule has 0 spiro atoms. The number of hydrogen-bond donors (Lipinski definition) is 2. The molecule has 0 aliphatic heterocycles. The van der Waals surface area contributed by atoms with Crippen LogP contribution in [0.4, 0.5) is 0 Å². The second-order valence-corrected chi connectivity index (χ2v) is 7.53. The highest BCUT2D eigenvalue weighted by atomic mass is 32.2. The van der Waals surface area contributed by atoms with E-state index in [1.54, 1.807) is 0 Å². The quantitative estimate of drug-likeness (QED) is 0.574. The van der Waals surface area contributed by atoms with E-state index in [-0.39, 0.29) is 30.9 Å². The topological polar surface area (TPSA) is 118 Å². The minimum absolute atomic E-state index is 0.00351. The number of hydrogen-bond acceptors (Lipinski definition) is 5. The van der Waals surface area contributed by atoms with Crippen molar-refractivity contribution in [1.29, 1.82) is 0 Å². The number of nitrogens with one attached hydrogen (secondary N) is 1. The molecule has 96 valence electrons. The lowest BCUT2D eigenvalue weighted by atomic mass is 10.3. The number of carboxylic acid groups (broad SMARTS) is 1. The Morgan fingerprint density at radius 1 is 1.19 bits per heavy atom. The number of carbonyl (C=O) groups is 1. The predicted molar refractivity (Wildman–Crippen MR) is 58.4 cm³/mol. The molecule has 0 saturated carbocycles. The fourth-order valence-electron chi connectivity index (χ4n) is 0.868. The van der Waals surface area contributed by atoms with Crippen molar-refractivity contribution in [3.63, 3.8) is 0 Å². The molecule has 0 aromatic heterocycles. The maximum atomic E-state index is 11.2. The Balaban J connectivity index is 3.93. The molecule has 16 heavy (non-hydrogen) atoms. The summed E-state index contributed by atoms with van der Waals surface area (Å²) in [6, 6.07) is 0. The van der Waals surface area contributed by atoms with Crippen molar-refractivity contribution in [2.45, 2.75) is 12.8 Å². The summed E-state index contributed by atoms with van der Waals surface area (Å²) in [5.41, 5.74) is 0. The van der Waals surface area contributed by atoms with Gasteiger partial charge < -0.3 is 5.11 Å². The van der Waals surface area contributed by atoms with Gasteiger partial charge in [-0.3, -0.25) is 4.79 Å². The molecule has 0 aromatic rings. The van der Waals surface area contributed by atoms with Crippen molar-refractivity contribution in [1.82, 2.24) is 4.72 Å². The molecule has 2 N–H and O–H groups in total. The van der Waals surface area contributed by atoms with Crippen LogP contribution in [0.1, 0.15) is 12.8 Å². The Morgan fingerprint density at radius 3 is 2.19 bits per heavy atom. The van der Waals surface area contributed by atoms with Crippen molar-refractivity contribution >= 4 is 25.8 Å². The molecular formula is C7H15NO6S2. The third-order valence-electron chi connectivity index (χ3n) is 1.60. The highest BCUT2D eigenvalue weighted by Gasteiger charge is 2.12. The lowest BCUT2D eigenvalue weighted by Crippen LogP contribution is -2.31. The number of carboxylic acids is 1. The van der Waals surface area contributed by atoms with Crippen LogP contribution in [0.5, 0.6) is 0 Å². The third-order valence-corrected chi connectivity index (χ3v) is 4.01. The minimum Gasteiger partial charge on any atom is -0.481 e. The maximum absolute atomic E-state index is 11.2. The predicted octanol–water partition coefficient (Wildman–Crippen LogP) is -1.18. The smallest absolute Gasteiger partial charge is 0.303 e. The van der Waals surface area contributed by atoms with Gasteiger partial charge in [-0.25, -0.2) is 21.6 Å². The lowest BCUT2D eigenvalue weighted by molar-refractivity contribution is -0.137. The molecule has 0 bridgehead atoms. The van der Waals surface area contributed by atoms with E-state index in [0.717, 1.165) is 6.26 Å². The fourth-order valence-corrected chi connectivity index (χ4v) is 2.55. The first kappa shape index (κ1) is 15.3. The van der Waals surface area contributed by atoms with Crippen molar-refractivity contribution in [2.24, 2.45) is 0 Å². The van der Waals surface area contributed by atoms with E-state index in [2.05, 4.69) is 4.72 Å². The van der Waals surface area contributed by atoms with E-state index in [9.17, 15) is 21.6 Å². The van der Waals surface area contributed by atoms with E-state index < -0.39 is 25.8 Å². The average Bonchev–Trinajstić information content (AvgIpc) is 1.99. The van der Waals surface area contributed by atoms with Crippen LogP contribution >= 0.6 is 0 Å². The second-order valence-electron chi connectivity index (χ2n) is 3.34. The van der Waals surface area contributed by atoms with Crippen molar-refractivity contribution < 1.29 is 26.7 Å². The summed E-state index contributed by atoms with van der Waals surface area (Å²) in [6.07, 6.45) is 0.780. The van der Waals surface area contributed by atoms with E-state index in [1.807, 2.05) is 0 Å². The maximum Gasteiger partial charge on any atom is 0.303 e. The number of aliphatic carboxylic acids is 1. The molecule has 0 unspecified atom stereocenters. The van der Waals surface area contributed by atoms with Gasteiger partial charge in [0, 0.05) is 19.2 Å². The van der Waals surface area contributed by atoms with Crippen molar-refractivity contribution in [2.75, 3.05) is 24.3 Å². The fraction of sp³-hybridized carbons (Fsp3) is 0.857. The Kier molecular flexibility index (Phi) is 5.90. The van der Waals surface area contributed by atoms with Crippen LogP contribution in [0.25, 0.3) is 0 Å². The van der Waals surface area contributed by atoms with Crippen LogP contribution in [-0.4, -0.2) is 52.2 Å². The third kappa shape index (κ3) is 9.87. The van der Waals surface area contributed by atoms with Gasteiger partial charge in [0.1, 0.15) is 9.84 Å². The van der Waals surface area contributed by atoms with Crippen LogP contribution in [0.15, 0.2) is 0 Å². The second kappa shape index (κ2) is 6.16. The number of rotatable bonds is 8. The zero-order valence-electron chi connectivity index (χ0n) is 8.84. The molecule has 0 atom stereocenters. The Morgan fingerprint density at radius 2 is 1.75 bits per heavy atom. The van der Waals surface area contributed by atoms with E-state index in [4.69, 9.17) is 5.11 Å². The summed E-state index contributed by atoms with van der Waals surface area (Å²) in [4.78, 5) is 10.1. The van der Waals surface area contributed by atoms with Crippen molar-refractivity contribution in [3.8, 4) is 0 Å². The summed E-state index contributed by atoms with van der Waals surface area (Å²) < 4.78 is 45.9. The van der Waals surface area contributed by atoms with Crippen LogP contribution in [0.2, 0.25) is 0 Å². The SMILES string of the molecule is CS(=O)(=O)CCNS(=O)(=O)CCCC(=O)O. The Hall–Kier alpha value is -0.670. The largest absolute Gasteiger partial charge is 0.481 e. The van der Waals surface area contributed by atoms with E-state index >= 15 is 0 Å². The van der Waals surface area contributed by atoms with Gasteiger partial charge in [-0.1, -0.05) is 0 Å². The van der Waals surface area contributed by atoms with Gasteiger partial charge in [-0.2, -0.15) is 0 Å². The van der Waals surface area contributed by atoms with Crippen LogP contribution in [0, 0.1) is 0 Å². The molecule has 0 aromatic carbocycles. The molecule has 9 heteroatoms. The average molecular weight is 273 g/mol. The minimum atomic E-state index is -3.58. The lowest BCUT2D eigenvalue weighted by Gasteiger charge is -2.04. The van der Waals surface area contributed by atoms with Gasteiger partial charge in [0.25, 0.3) is 0 Å². The molecule has 0 aliphatic carbocycles. The van der Waals surface area contributed by atoms with E-state index in [1.165, 1.54) is 0 Å². The van der Waals surface area contributed by atoms with Crippen LogP contribution in [-0.2, 0) is 24.7 Å². The summed E-state index contributed by atoms with van der Waals surface area (Å²) in [5, 5.41) is 8.30. The number of sulfonamides is 1. The Labute approximate surface area is 94.8 Å². The first-order valence-corrected chi connectivity index (χ1v) is 8.20. The summed E-state index contributed by atoms with van der Waals surface area (Å²) in [7, 11) is -6.78. The standard InChI is InChI=1S/C7H15NO6S2/c1-15(11,12)6-4-8-16(13,14)5-2-3-7(9)10/h8H,2-6H2,1H3,(H,9,10). The summed E-state index contributed by atoms with van der Waals surface area (Å²) >= 11 is 0. The van der Waals surface area contributed by atoms with Crippen LogP contribution in [0.3, 0.4) is 0 Å². The molecule has 0 saturated heterocycles. The van der Waals surface area contributed by atoms with Crippen LogP contribution < -0.4 is 4.72 Å². The summed E-state index contributed by atoms with van der Waals surface area (Å²) in [5.74, 6) is -1.65. The molecule has 0 rings (SSSR count). The molecule has 0 aliphatic rings. The normalized spacial score (nSPS) is 12.6. The van der Waals surface area contributed by atoms with E-state index in [0.29, 0.717) is 0 Å². The molecule has 0 amide bonds. The monoisotopic (exact) mass is 273 g/mol. The van der Waals surface area contributed by atoms with Gasteiger partial charge in [-0.05, 0) is 6.42 Å². The first-order chi connectivity index (χ1) is 7.12. The zero-order valence-corrected chi connectivity index (χ0v) is 10.5. The summed E-state index contributed by atoms with van der Waals surface area (Å²) in [6.45, 7) is -0.186. The van der Waals surface area contributed by atoms with Gasteiger partial charge >= 0.3 is 5.97 Å². The molecule has 0 radical (unpaired) electrons.